The van der Waals surface area contributed by atoms with Gasteiger partial charge in [-0.1, -0.05) is 35.9 Å². The number of carbonyl (C=O) groups excluding carboxylic acids is 1. The van der Waals surface area contributed by atoms with Crippen LogP contribution in [-0.4, -0.2) is 33.9 Å². The number of fused-ring (bicyclic) bond motifs is 1. The van der Waals surface area contributed by atoms with Gasteiger partial charge in [-0.2, -0.15) is 0 Å². The third-order valence-corrected chi connectivity index (χ3v) is 6.10. The second-order valence-corrected chi connectivity index (χ2v) is 8.40. The molecule has 0 saturated carbocycles. The first kappa shape index (κ1) is 19.7. The van der Waals surface area contributed by atoms with E-state index in [-0.39, 0.29) is 11.8 Å². The molecule has 1 amide bonds. The Balaban J connectivity index is 1.37. The van der Waals surface area contributed by atoms with Crippen LogP contribution in [0, 0.1) is 0 Å². The second kappa shape index (κ2) is 8.48. The van der Waals surface area contributed by atoms with Gasteiger partial charge in [-0.3, -0.25) is 14.8 Å². The molecule has 1 aliphatic rings. The summed E-state index contributed by atoms with van der Waals surface area (Å²) in [7, 11) is 0. The predicted octanol–water partition coefficient (Wildman–Crippen LogP) is 5.97. The molecule has 3 heterocycles. The number of amides is 1. The summed E-state index contributed by atoms with van der Waals surface area (Å²) in [5.74, 6) is 0.292. The SMILES string of the molecule is O=C(c1ccc2ncccc2c1)N1CCC[C@H](c2cccc(-c3cccc(Cl)c3)n2)C1. The van der Waals surface area contributed by atoms with Crippen molar-refractivity contribution in [2.24, 2.45) is 0 Å². The summed E-state index contributed by atoms with van der Waals surface area (Å²) in [6.45, 7) is 1.45. The summed E-state index contributed by atoms with van der Waals surface area (Å²) in [6.07, 6.45) is 3.76. The zero-order valence-electron chi connectivity index (χ0n) is 17.0. The average Bonchev–Trinajstić information content (AvgIpc) is 2.83. The summed E-state index contributed by atoms with van der Waals surface area (Å²) in [5.41, 5.74) is 4.55. The lowest BCUT2D eigenvalue weighted by atomic mass is 9.93. The second-order valence-electron chi connectivity index (χ2n) is 7.96. The van der Waals surface area contributed by atoms with Crippen molar-refractivity contribution in [2.75, 3.05) is 13.1 Å². The molecule has 1 saturated heterocycles. The molecular formula is C26H22ClN3O. The quantitative estimate of drug-likeness (QED) is 0.404. The number of hydrogen-bond donors (Lipinski definition) is 0. The molecule has 31 heavy (non-hydrogen) atoms. The molecule has 1 aliphatic heterocycles. The van der Waals surface area contributed by atoms with Crippen molar-refractivity contribution in [1.82, 2.24) is 14.9 Å². The average molecular weight is 428 g/mol. The number of benzene rings is 2. The molecule has 0 unspecified atom stereocenters. The number of halogens is 1. The molecule has 0 spiro atoms. The summed E-state index contributed by atoms with van der Waals surface area (Å²) >= 11 is 6.16. The number of pyridine rings is 2. The first-order valence-corrected chi connectivity index (χ1v) is 10.9. The van der Waals surface area contributed by atoms with E-state index in [0.717, 1.165) is 47.2 Å². The van der Waals surface area contributed by atoms with Gasteiger partial charge in [-0.25, -0.2) is 0 Å². The fourth-order valence-electron chi connectivity index (χ4n) is 4.28. The third-order valence-electron chi connectivity index (χ3n) is 5.87. The van der Waals surface area contributed by atoms with Gasteiger partial charge in [0.05, 0.1) is 11.2 Å². The van der Waals surface area contributed by atoms with Gasteiger partial charge in [0, 0.05) is 52.4 Å². The Bertz CT molecular complexity index is 1260. The van der Waals surface area contributed by atoms with Crippen LogP contribution in [-0.2, 0) is 0 Å². The number of likely N-dealkylation sites (tertiary alicyclic amines) is 1. The van der Waals surface area contributed by atoms with E-state index in [0.29, 0.717) is 17.1 Å². The van der Waals surface area contributed by atoms with E-state index in [4.69, 9.17) is 16.6 Å². The first-order valence-electron chi connectivity index (χ1n) is 10.5. The van der Waals surface area contributed by atoms with Gasteiger partial charge in [-0.15, -0.1) is 0 Å². The Kier molecular flexibility index (Phi) is 5.39. The van der Waals surface area contributed by atoms with Crippen molar-refractivity contribution >= 4 is 28.4 Å². The predicted molar refractivity (Wildman–Crippen MR) is 124 cm³/mol. The lowest BCUT2D eigenvalue weighted by Gasteiger charge is -2.32. The van der Waals surface area contributed by atoms with Crippen molar-refractivity contribution in [1.29, 1.82) is 0 Å². The number of aromatic nitrogens is 2. The van der Waals surface area contributed by atoms with Gasteiger partial charge in [0.1, 0.15) is 0 Å². The van der Waals surface area contributed by atoms with Crippen LogP contribution in [0.15, 0.2) is 79.0 Å². The van der Waals surface area contributed by atoms with Crippen molar-refractivity contribution in [3.63, 3.8) is 0 Å². The Morgan fingerprint density at radius 1 is 1.00 bits per heavy atom. The van der Waals surface area contributed by atoms with Crippen LogP contribution in [0.5, 0.6) is 0 Å². The number of nitrogens with zero attached hydrogens (tertiary/aromatic N) is 3. The monoisotopic (exact) mass is 427 g/mol. The zero-order valence-corrected chi connectivity index (χ0v) is 17.8. The topological polar surface area (TPSA) is 46.1 Å². The van der Waals surface area contributed by atoms with Gasteiger partial charge in [0.25, 0.3) is 5.91 Å². The maximum Gasteiger partial charge on any atom is 0.253 e. The molecule has 5 rings (SSSR count). The molecule has 2 aromatic carbocycles. The van der Waals surface area contributed by atoms with E-state index in [1.165, 1.54) is 0 Å². The van der Waals surface area contributed by atoms with Crippen LogP contribution in [0.1, 0.15) is 34.8 Å². The van der Waals surface area contributed by atoms with E-state index in [1.807, 2.05) is 71.6 Å². The minimum atomic E-state index is 0.0708. The van der Waals surface area contributed by atoms with E-state index in [9.17, 15) is 4.79 Å². The van der Waals surface area contributed by atoms with Crippen molar-refractivity contribution in [3.05, 3.63) is 95.3 Å². The van der Waals surface area contributed by atoms with E-state index in [1.54, 1.807) is 6.20 Å². The highest BCUT2D eigenvalue weighted by molar-refractivity contribution is 6.30. The number of rotatable bonds is 3. The summed E-state index contributed by atoms with van der Waals surface area (Å²) < 4.78 is 0. The molecule has 154 valence electrons. The number of carbonyl (C=O) groups is 1. The normalized spacial score (nSPS) is 16.4. The van der Waals surface area contributed by atoms with E-state index >= 15 is 0 Å². The lowest BCUT2D eigenvalue weighted by Crippen LogP contribution is -2.39. The van der Waals surface area contributed by atoms with Gasteiger partial charge in [0.15, 0.2) is 0 Å². The maximum atomic E-state index is 13.2. The molecular weight excluding hydrogens is 406 g/mol. The van der Waals surface area contributed by atoms with Crippen molar-refractivity contribution in [2.45, 2.75) is 18.8 Å². The molecule has 0 radical (unpaired) electrons. The summed E-state index contributed by atoms with van der Waals surface area (Å²) in [6, 6.07) is 23.5. The number of hydrogen-bond acceptors (Lipinski definition) is 3. The highest BCUT2D eigenvalue weighted by atomic mass is 35.5. The Hall–Kier alpha value is -3.24. The van der Waals surface area contributed by atoms with Crippen LogP contribution in [0.4, 0.5) is 0 Å². The minimum Gasteiger partial charge on any atom is -0.338 e. The zero-order chi connectivity index (χ0) is 21.2. The van der Waals surface area contributed by atoms with Gasteiger partial charge >= 0.3 is 0 Å². The molecule has 0 bridgehead atoms. The summed E-state index contributed by atoms with van der Waals surface area (Å²) in [4.78, 5) is 24.4. The van der Waals surface area contributed by atoms with Crippen LogP contribution < -0.4 is 0 Å². The lowest BCUT2D eigenvalue weighted by molar-refractivity contribution is 0.0706. The fraction of sp³-hybridized carbons (Fsp3) is 0.192. The van der Waals surface area contributed by atoms with Crippen LogP contribution in [0.2, 0.25) is 5.02 Å². The molecule has 0 aliphatic carbocycles. The molecule has 1 atom stereocenters. The molecule has 4 nitrogen and oxygen atoms in total. The Morgan fingerprint density at radius 2 is 1.90 bits per heavy atom. The molecule has 2 aromatic heterocycles. The largest absolute Gasteiger partial charge is 0.338 e. The smallest absolute Gasteiger partial charge is 0.253 e. The fourth-order valence-corrected chi connectivity index (χ4v) is 4.47. The van der Waals surface area contributed by atoms with Crippen molar-refractivity contribution < 1.29 is 4.79 Å². The Labute approximate surface area is 186 Å². The van der Waals surface area contributed by atoms with E-state index < -0.39 is 0 Å². The molecule has 1 fully saturated rings. The highest BCUT2D eigenvalue weighted by Crippen LogP contribution is 2.29. The summed E-state index contributed by atoms with van der Waals surface area (Å²) in [5, 5.41) is 1.68. The third kappa shape index (κ3) is 4.17. The molecule has 5 heteroatoms. The highest BCUT2D eigenvalue weighted by Gasteiger charge is 2.26. The standard InChI is InChI=1S/C26H22ClN3O/c27-22-8-1-5-19(16-22)24-9-2-10-25(29-24)21-7-4-14-30(17-21)26(31)20-11-12-23-18(15-20)6-3-13-28-23/h1-3,5-6,8-13,15-16,21H,4,7,14,17H2/t21-/m0/s1. The van der Waals surface area contributed by atoms with Crippen LogP contribution >= 0.6 is 11.6 Å². The minimum absolute atomic E-state index is 0.0708. The Morgan fingerprint density at radius 3 is 2.81 bits per heavy atom. The molecule has 0 N–H and O–H groups in total. The first-order chi connectivity index (χ1) is 15.2. The molecule has 4 aromatic rings. The number of piperidine rings is 1. The van der Waals surface area contributed by atoms with E-state index in [2.05, 4.69) is 11.1 Å². The van der Waals surface area contributed by atoms with Crippen LogP contribution in [0.3, 0.4) is 0 Å². The van der Waals surface area contributed by atoms with Gasteiger partial charge < -0.3 is 4.90 Å². The maximum absolute atomic E-state index is 13.2. The van der Waals surface area contributed by atoms with Gasteiger partial charge in [-0.05, 0) is 61.4 Å². The van der Waals surface area contributed by atoms with Crippen LogP contribution in [0.25, 0.3) is 22.2 Å². The van der Waals surface area contributed by atoms with Crippen molar-refractivity contribution in [3.8, 4) is 11.3 Å². The van der Waals surface area contributed by atoms with Gasteiger partial charge in [0.2, 0.25) is 0 Å².